The number of aryl methyl sites for hydroxylation is 2. The molecule has 0 radical (unpaired) electrons. The SMILES string of the molecule is Cc1nc(CN2CCN(C(=O)CCC3CCNCC3)CC2)oc1C. The van der Waals surface area contributed by atoms with Gasteiger partial charge in [0, 0.05) is 32.6 Å². The van der Waals surface area contributed by atoms with Crippen molar-refractivity contribution in [3.8, 4) is 0 Å². The molecule has 0 aliphatic carbocycles. The smallest absolute Gasteiger partial charge is 0.222 e. The largest absolute Gasteiger partial charge is 0.444 e. The van der Waals surface area contributed by atoms with Crippen LogP contribution in [0.1, 0.15) is 43.0 Å². The first-order valence-electron chi connectivity index (χ1n) is 9.25. The van der Waals surface area contributed by atoms with Gasteiger partial charge in [0.15, 0.2) is 0 Å². The van der Waals surface area contributed by atoms with Gasteiger partial charge in [-0.05, 0) is 52.1 Å². The summed E-state index contributed by atoms with van der Waals surface area (Å²) in [6.45, 7) is 10.3. The van der Waals surface area contributed by atoms with Gasteiger partial charge >= 0.3 is 0 Å². The minimum absolute atomic E-state index is 0.330. The zero-order valence-electron chi connectivity index (χ0n) is 15.0. The Morgan fingerprint density at radius 3 is 2.54 bits per heavy atom. The van der Waals surface area contributed by atoms with Crippen molar-refractivity contribution >= 4 is 5.91 Å². The maximum Gasteiger partial charge on any atom is 0.222 e. The van der Waals surface area contributed by atoms with E-state index in [1.807, 2.05) is 18.7 Å². The molecule has 2 aliphatic rings. The van der Waals surface area contributed by atoms with Crippen molar-refractivity contribution in [1.82, 2.24) is 20.1 Å². The molecule has 3 rings (SSSR count). The van der Waals surface area contributed by atoms with Gasteiger partial charge in [-0.1, -0.05) is 0 Å². The molecule has 0 atom stereocenters. The summed E-state index contributed by atoms with van der Waals surface area (Å²) in [5, 5.41) is 3.38. The topological polar surface area (TPSA) is 61.6 Å². The van der Waals surface area contributed by atoms with Gasteiger partial charge in [0.1, 0.15) is 5.76 Å². The molecule has 2 aliphatic heterocycles. The van der Waals surface area contributed by atoms with E-state index in [-0.39, 0.29) is 0 Å². The minimum atomic E-state index is 0.330. The summed E-state index contributed by atoms with van der Waals surface area (Å²) in [7, 11) is 0. The van der Waals surface area contributed by atoms with E-state index in [0.29, 0.717) is 12.3 Å². The zero-order valence-corrected chi connectivity index (χ0v) is 15.0. The van der Waals surface area contributed by atoms with E-state index < -0.39 is 0 Å². The van der Waals surface area contributed by atoms with Gasteiger partial charge < -0.3 is 14.6 Å². The van der Waals surface area contributed by atoms with Crippen LogP contribution in [-0.2, 0) is 11.3 Å². The number of piperidine rings is 1. The number of hydrogen-bond donors (Lipinski definition) is 1. The summed E-state index contributed by atoms with van der Waals surface area (Å²) in [6, 6.07) is 0. The van der Waals surface area contributed by atoms with Gasteiger partial charge in [-0.3, -0.25) is 9.69 Å². The molecule has 2 saturated heterocycles. The molecule has 1 N–H and O–H groups in total. The van der Waals surface area contributed by atoms with Gasteiger partial charge in [0.05, 0.1) is 12.2 Å². The Kier molecular flexibility index (Phi) is 5.89. The minimum Gasteiger partial charge on any atom is -0.444 e. The second-order valence-corrected chi connectivity index (χ2v) is 7.14. The van der Waals surface area contributed by atoms with E-state index >= 15 is 0 Å². The van der Waals surface area contributed by atoms with E-state index in [2.05, 4.69) is 15.2 Å². The third-order valence-electron chi connectivity index (χ3n) is 5.38. The highest BCUT2D eigenvalue weighted by molar-refractivity contribution is 5.76. The number of nitrogens with zero attached hydrogens (tertiary/aromatic N) is 3. The maximum absolute atomic E-state index is 12.4. The highest BCUT2D eigenvalue weighted by atomic mass is 16.4. The van der Waals surface area contributed by atoms with Crippen LogP contribution in [0.3, 0.4) is 0 Å². The molecule has 6 heteroatoms. The highest BCUT2D eigenvalue weighted by Crippen LogP contribution is 2.19. The van der Waals surface area contributed by atoms with Crippen LogP contribution in [0.4, 0.5) is 0 Å². The summed E-state index contributed by atoms with van der Waals surface area (Å²) in [4.78, 5) is 21.2. The Morgan fingerprint density at radius 2 is 1.92 bits per heavy atom. The Balaban J connectivity index is 1.38. The van der Waals surface area contributed by atoms with Crippen LogP contribution in [0.5, 0.6) is 0 Å². The quantitative estimate of drug-likeness (QED) is 0.888. The molecule has 0 bridgehead atoms. The average molecular weight is 334 g/mol. The Bertz CT molecular complexity index is 524. The number of rotatable bonds is 5. The zero-order chi connectivity index (χ0) is 16.9. The second kappa shape index (κ2) is 8.12. The third kappa shape index (κ3) is 4.57. The summed E-state index contributed by atoms with van der Waals surface area (Å²) in [5.74, 6) is 2.75. The lowest BCUT2D eigenvalue weighted by Gasteiger charge is -2.34. The van der Waals surface area contributed by atoms with Crippen LogP contribution in [0.2, 0.25) is 0 Å². The van der Waals surface area contributed by atoms with Crippen molar-refractivity contribution in [2.24, 2.45) is 5.92 Å². The predicted octanol–water partition coefficient (Wildman–Crippen LogP) is 1.72. The van der Waals surface area contributed by atoms with E-state index in [9.17, 15) is 4.79 Å². The van der Waals surface area contributed by atoms with Crippen molar-refractivity contribution in [2.75, 3.05) is 39.3 Å². The van der Waals surface area contributed by atoms with Gasteiger partial charge in [0.2, 0.25) is 11.8 Å². The first-order chi connectivity index (χ1) is 11.6. The monoisotopic (exact) mass is 334 g/mol. The van der Waals surface area contributed by atoms with Gasteiger partial charge in [-0.25, -0.2) is 4.98 Å². The van der Waals surface area contributed by atoms with E-state index in [1.165, 1.54) is 12.8 Å². The number of piperazine rings is 1. The predicted molar refractivity (Wildman–Crippen MR) is 92.7 cm³/mol. The molecule has 24 heavy (non-hydrogen) atoms. The Morgan fingerprint density at radius 1 is 1.21 bits per heavy atom. The van der Waals surface area contributed by atoms with Crippen molar-refractivity contribution < 1.29 is 9.21 Å². The van der Waals surface area contributed by atoms with Crippen molar-refractivity contribution in [3.63, 3.8) is 0 Å². The fourth-order valence-electron chi connectivity index (χ4n) is 3.61. The standard InChI is InChI=1S/C18H30N4O2/c1-14-15(2)24-17(20-14)13-21-9-11-22(12-10-21)18(23)4-3-16-5-7-19-8-6-16/h16,19H,3-13H2,1-2H3. The number of nitrogens with one attached hydrogen (secondary N) is 1. The molecule has 1 amide bonds. The molecule has 134 valence electrons. The van der Waals surface area contributed by atoms with Crippen LogP contribution in [0.25, 0.3) is 0 Å². The molecule has 6 nitrogen and oxygen atoms in total. The number of oxazole rings is 1. The van der Waals surface area contributed by atoms with Crippen molar-refractivity contribution in [3.05, 3.63) is 17.3 Å². The van der Waals surface area contributed by atoms with Crippen LogP contribution in [-0.4, -0.2) is 60.0 Å². The molecule has 0 saturated carbocycles. The second-order valence-electron chi connectivity index (χ2n) is 7.14. The van der Waals surface area contributed by atoms with Crippen molar-refractivity contribution in [2.45, 2.75) is 46.1 Å². The van der Waals surface area contributed by atoms with Crippen LogP contribution >= 0.6 is 0 Å². The summed E-state index contributed by atoms with van der Waals surface area (Å²) in [5.41, 5.74) is 0.969. The first kappa shape index (κ1) is 17.4. The van der Waals surface area contributed by atoms with E-state index in [0.717, 1.165) is 75.5 Å². The first-order valence-corrected chi connectivity index (χ1v) is 9.25. The van der Waals surface area contributed by atoms with Gasteiger partial charge in [-0.15, -0.1) is 0 Å². The molecule has 3 heterocycles. The van der Waals surface area contributed by atoms with Gasteiger partial charge in [-0.2, -0.15) is 0 Å². The number of hydrogen-bond acceptors (Lipinski definition) is 5. The van der Waals surface area contributed by atoms with Crippen LogP contribution in [0.15, 0.2) is 4.42 Å². The third-order valence-corrected chi connectivity index (χ3v) is 5.38. The number of carbonyl (C=O) groups is 1. The maximum atomic E-state index is 12.4. The summed E-state index contributed by atoms with van der Waals surface area (Å²) < 4.78 is 5.66. The highest BCUT2D eigenvalue weighted by Gasteiger charge is 2.23. The Hall–Kier alpha value is -1.40. The lowest BCUT2D eigenvalue weighted by molar-refractivity contribution is -0.133. The molecule has 0 spiro atoms. The van der Waals surface area contributed by atoms with E-state index in [4.69, 9.17) is 4.42 Å². The van der Waals surface area contributed by atoms with E-state index in [1.54, 1.807) is 0 Å². The van der Waals surface area contributed by atoms with Crippen molar-refractivity contribution in [1.29, 1.82) is 0 Å². The average Bonchev–Trinajstić information content (AvgIpc) is 2.92. The summed E-state index contributed by atoms with van der Waals surface area (Å²) >= 11 is 0. The molecular formula is C18H30N4O2. The molecule has 0 aromatic carbocycles. The number of carbonyl (C=O) groups excluding carboxylic acids is 1. The lowest BCUT2D eigenvalue weighted by Crippen LogP contribution is -2.48. The molecule has 0 unspecified atom stereocenters. The summed E-state index contributed by atoms with van der Waals surface area (Å²) in [6.07, 6.45) is 4.20. The van der Waals surface area contributed by atoms with Crippen LogP contribution < -0.4 is 5.32 Å². The number of aromatic nitrogens is 1. The molecule has 1 aromatic heterocycles. The lowest BCUT2D eigenvalue weighted by atomic mass is 9.93. The fraction of sp³-hybridized carbons (Fsp3) is 0.778. The Labute approximate surface area is 144 Å². The normalized spacial score (nSPS) is 20.5. The fourth-order valence-corrected chi connectivity index (χ4v) is 3.61. The van der Waals surface area contributed by atoms with Gasteiger partial charge in [0.25, 0.3) is 0 Å². The molecule has 1 aromatic rings. The van der Waals surface area contributed by atoms with Crippen LogP contribution in [0, 0.1) is 19.8 Å². The molecule has 2 fully saturated rings. The molecular weight excluding hydrogens is 304 g/mol. The number of amides is 1.